The highest BCUT2D eigenvalue weighted by Gasteiger charge is 2.38. The van der Waals surface area contributed by atoms with Gasteiger partial charge in [0.15, 0.2) is 0 Å². The van der Waals surface area contributed by atoms with Crippen LogP contribution in [0, 0.1) is 5.82 Å². The van der Waals surface area contributed by atoms with E-state index in [1.54, 1.807) is 18.2 Å². The van der Waals surface area contributed by atoms with Crippen LogP contribution in [0.25, 0.3) is 0 Å². The zero-order valence-electron chi connectivity index (χ0n) is 14.5. The van der Waals surface area contributed by atoms with E-state index in [0.717, 1.165) is 0 Å². The van der Waals surface area contributed by atoms with Gasteiger partial charge in [0.25, 0.3) is 10.1 Å². The van der Waals surface area contributed by atoms with Crippen LogP contribution in [0.15, 0.2) is 59.5 Å². The summed E-state index contributed by atoms with van der Waals surface area (Å²) in [7, 11) is -3.95. The zero-order valence-corrected chi connectivity index (χ0v) is 15.3. The predicted octanol–water partition coefficient (Wildman–Crippen LogP) is 2.52. The van der Waals surface area contributed by atoms with E-state index < -0.39 is 16.2 Å². The maximum Gasteiger partial charge on any atom is 0.297 e. The summed E-state index contributed by atoms with van der Waals surface area (Å²) in [6.07, 6.45) is -0.147. The van der Waals surface area contributed by atoms with E-state index >= 15 is 0 Å². The third kappa shape index (κ3) is 5.74. The number of aliphatic hydroxyl groups is 1. The molecule has 1 heterocycles. The fraction of sp³-hybridized carbons (Fsp3) is 0.368. The van der Waals surface area contributed by atoms with Gasteiger partial charge in [0.05, 0.1) is 17.6 Å². The second-order valence-corrected chi connectivity index (χ2v) is 7.80. The van der Waals surface area contributed by atoms with E-state index in [0.29, 0.717) is 18.6 Å². The second kappa shape index (κ2) is 8.79. The fourth-order valence-electron chi connectivity index (χ4n) is 2.64. The van der Waals surface area contributed by atoms with Crippen LogP contribution in [0.1, 0.15) is 12.8 Å². The first-order chi connectivity index (χ1) is 13.0. The van der Waals surface area contributed by atoms with Crippen molar-refractivity contribution in [3.63, 3.8) is 0 Å². The molecule has 0 amide bonds. The van der Waals surface area contributed by atoms with Crippen LogP contribution in [0.2, 0.25) is 0 Å². The number of halogens is 1. The molecule has 3 atom stereocenters. The van der Waals surface area contributed by atoms with Crippen molar-refractivity contribution in [2.45, 2.75) is 36.0 Å². The zero-order chi connectivity index (χ0) is 19.3. The molecule has 1 aliphatic rings. The number of epoxide rings is 1. The Morgan fingerprint density at radius 1 is 1.07 bits per heavy atom. The minimum Gasteiger partial charge on any atom is -0.491 e. The molecule has 8 heteroatoms. The first kappa shape index (κ1) is 19.8. The largest absolute Gasteiger partial charge is 0.491 e. The molecule has 1 N–H and O–H groups in total. The Bertz CT molecular complexity index is 825. The minimum absolute atomic E-state index is 0.0196. The molecule has 0 spiro atoms. The van der Waals surface area contributed by atoms with Crippen molar-refractivity contribution < 1.29 is 31.6 Å². The van der Waals surface area contributed by atoms with Crippen LogP contribution in [0.5, 0.6) is 5.75 Å². The highest BCUT2D eigenvalue weighted by atomic mass is 32.2. The lowest BCUT2D eigenvalue weighted by Gasteiger charge is -2.18. The Morgan fingerprint density at radius 3 is 2.41 bits per heavy atom. The Balaban J connectivity index is 1.64. The quantitative estimate of drug-likeness (QED) is 0.491. The summed E-state index contributed by atoms with van der Waals surface area (Å²) in [5.74, 6) is 0.0285. The van der Waals surface area contributed by atoms with Crippen LogP contribution in [-0.2, 0) is 19.0 Å². The molecule has 0 radical (unpaired) electrons. The topological polar surface area (TPSA) is 85.4 Å². The molecule has 2 aromatic rings. The monoisotopic (exact) mass is 396 g/mol. The van der Waals surface area contributed by atoms with Crippen molar-refractivity contribution in [2.75, 3.05) is 13.2 Å². The maximum absolute atomic E-state index is 13.0. The second-order valence-electron chi connectivity index (χ2n) is 6.22. The van der Waals surface area contributed by atoms with E-state index in [1.807, 2.05) is 0 Å². The molecule has 0 bridgehead atoms. The summed E-state index contributed by atoms with van der Waals surface area (Å²) in [6.45, 7) is -0.0845. The van der Waals surface area contributed by atoms with E-state index in [9.17, 15) is 12.8 Å². The molecular weight excluding hydrogens is 375 g/mol. The van der Waals surface area contributed by atoms with Crippen molar-refractivity contribution >= 4 is 10.1 Å². The lowest BCUT2D eigenvalue weighted by Crippen LogP contribution is -2.26. The molecule has 1 aliphatic heterocycles. The standard InChI is InChI=1S/C19H21FO6S/c20-14-6-8-15(9-7-14)24-13-16(10-11-18-19(12-21)25-18)26-27(22,23)17-4-2-1-3-5-17/h1-9,16,18-19,21H,10-13H2/t16-,18-,19-/m1/s1. The average Bonchev–Trinajstić information content (AvgIpc) is 3.44. The molecule has 146 valence electrons. The van der Waals surface area contributed by atoms with Gasteiger partial charge in [0.1, 0.15) is 30.4 Å². The molecule has 1 saturated heterocycles. The third-order valence-corrected chi connectivity index (χ3v) is 5.56. The van der Waals surface area contributed by atoms with Gasteiger partial charge in [0, 0.05) is 0 Å². The minimum atomic E-state index is -3.95. The van der Waals surface area contributed by atoms with Crippen molar-refractivity contribution in [3.8, 4) is 5.75 Å². The summed E-state index contributed by atoms with van der Waals surface area (Å²) < 4.78 is 54.2. The number of aliphatic hydroxyl groups excluding tert-OH is 1. The Morgan fingerprint density at radius 2 is 1.78 bits per heavy atom. The van der Waals surface area contributed by atoms with Gasteiger partial charge in [0.2, 0.25) is 0 Å². The lowest BCUT2D eigenvalue weighted by molar-refractivity contribution is 0.122. The Hall–Kier alpha value is -2.00. The number of benzene rings is 2. The highest BCUT2D eigenvalue weighted by molar-refractivity contribution is 7.86. The van der Waals surface area contributed by atoms with Gasteiger partial charge in [-0.2, -0.15) is 8.42 Å². The summed E-state index contributed by atoms with van der Waals surface area (Å²) in [4.78, 5) is 0.0627. The van der Waals surface area contributed by atoms with Crippen LogP contribution in [0.3, 0.4) is 0 Å². The third-order valence-electron chi connectivity index (χ3n) is 4.18. The van der Waals surface area contributed by atoms with Gasteiger partial charge < -0.3 is 14.6 Å². The molecule has 2 aromatic carbocycles. The van der Waals surface area contributed by atoms with Gasteiger partial charge in [-0.05, 0) is 49.2 Å². The van der Waals surface area contributed by atoms with E-state index in [1.165, 1.54) is 36.4 Å². The van der Waals surface area contributed by atoms with Crippen molar-refractivity contribution in [3.05, 3.63) is 60.4 Å². The molecular formula is C19H21FO6S. The van der Waals surface area contributed by atoms with Gasteiger partial charge in [-0.15, -0.1) is 0 Å². The Labute approximate surface area is 157 Å². The van der Waals surface area contributed by atoms with Crippen LogP contribution in [0.4, 0.5) is 4.39 Å². The summed E-state index contributed by atoms with van der Waals surface area (Å²) >= 11 is 0. The normalized spacial score (nSPS) is 20.2. The van der Waals surface area contributed by atoms with E-state index in [2.05, 4.69) is 0 Å². The van der Waals surface area contributed by atoms with Crippen molar-refractivity contribution in [1.29, 1.82) is 0 Å². The molecule has 1 fully saturated rings. The van der Waals surface area contributed by atoms with Crippen LogP contribution in [-0.4, -0.2) is 45.0 Å². The molecule has 0 aliphatic carbocycles. The highest BCUT2D eigenvalue weighted by Crippen LogP contribution is 2.28. The van der Waals surface area contributed by atoms with E-state index in [-0.39, 0.29) is 36.1 Å². The predicted molar refractivity (Wildman–Crippen MR) is 95.4 cm³/mol. The summed E-state index contributed by atoms with van der Waals surface area (Å²) in [5, 5.41) is 9.04. The van der Waals surface area contributed by atoms with E-state index in [4.69, 9.17) is 18.8 Å². The number of hydrogen-bond donors (Lipinski definition) is 1. The molecule has 0 aromatic heterocycles. The Kier molecular flexibility index (Phi) is 6.43. The molecule has 27 heavy (non-hydrogen) atoms. The van der Waals surface area contributed by atoms with Gasteiger partial charge in [-0.1, -0.05) is 18.2 Å². The summed E-state index contributed by atoms with van der Waals surface area (Å²) in [5.41, 5.74) is 0. The van der Waals surface area contributed by atoms with Gasteiger partial charge >= 0.3 is 0 Å². The maximum atomic E-state index is 13.0. The lowest BCUT2D eigenvalue weighted by atomic mass is 10.1. The first-order valence-corrected chi connectivity index (χ1v) is 10.0. The summed E-state index contributed by atoms with van der Waals surface area (Å²) in [6, 6.07) is 13.3. The average molecular weight is 396 g/mol. The fourth-order valence-corrected chi connectivity index (χ4v) is 3.76. The van der Waals surface area contributed by atoms with Crippen LogP contribution >= 0.6 is 0 Å². The van der Waals surface area contributed by atoms with Crippen LogP contribution < -0.4 is 4.74 Å². The number of rotatable bonds is 10. The van der Waals surface area contributed by atoms with Crippen molar-refractivity contribution in [1.82, 2.24) is 0 Å². The molecule has 3 rings (SSSR count). The van der Waals surface area contributed by atoms with Crippen molar-refractivity contribution in [2.24, 2.45) is 0 Å². The van der Waals surface area contributed by atoms with Gasteiger partial charge in [-0.3, -0.25) is 4.18 Å². The molecule has 0 unspecified atom stereocenters. The smallest absolute Gasteiger partial charge is 0.297 e. The number of ether oxygens (including phenoxy) is 2. The molecule has 6 nitrogen and oxygen atoms in total. The molecule has 0 saturated carbocycles. The van der Waals surface area contributed by atoms with Gasteiger partial charge in [-0.25, -0.2) is 4.39 Å². The number of hydrogen-bond acceptors (Lipinski definition) is 6. The SMILES string of the molecule is O=S(=O)(O[C@H](CC[C@H]1O[C@@H]1CO)COc1ccc(F)cc1)c1ccccc1. The first-order valence-electron chi connectivity index (χ1n) is 8.61.